The molecule has 112 valence electrons. The zero-order valence-corrected chi connectivity index (χ0v) is 12.5. The van der Waals surface area contributed by atoms with E-state index in [-0.39, 0.29) is 0 Å². The molecule has 0 amide bonds. The first-order chi connectivity index (χ1) is 10.0. The van der Waals surface area contributed by atoms with Crippen LogP contribution in [0.1, 0.15) is 18.4 Å². The summed E-state index contributed by atoms with van der Waals surface area (Å²) in [6, 6.07) is 6.73. The summed E-state index contributed by atoms with van der Waals surface area (Å²) in [6.07, 6.45) is 3.44. The molecule has 2 aliphatic heterocycles. The van der Waals surface area contributed by atoms with Gasteiger partial charge in [0.15, 0.2) is 0 Å². The zero-order chi connectivity index (χ0) is 14.6. The predicted molar refractivity (Wildman–Crippen MR) is 80.0 cm³/mol. The molecule has 2 aliphatic rings. The van der Waals surface area contributed by atoms with Gasteiger partial charge in [0.1, 0.15) is 0 Å². The molecule has 2 unspecified atom stereocenters. The Hall–Kier alpha value is -1.43. The van der Waals surface area contributed by atoms with Crippen molar-refractivity contribution < 1.29 is 9.84 Å². The summed E-state index contributed by atoms with van der Waals surface area (Å²) in [6.45, 7) is 1.42. The van der Waals surface area contributed by atoms with Gasteiger partial charge in [-0.25, -0.2) is 0 Å². The van der Waals surface area contributed by atoms with Gasteiger partial charge in [-0.3, -0.25) is 9.58 Å². The highest BCUT2D eigenvalue weighted by Gasteiger charge is 2.45. The van der Waals surface area contributed by atoms with Crippen molar-refractivity contribution in [3.05, 3.63) is 30.0 Å². The number of rotatable bonds is 1. The molecule has 5 nitrogen and oxygen atoms in total. The monoisotopic (exact) mass is 287 g/mol. The molecule has 3 heterocycles. The molecule has 4 rings (SSSR count). The minimum absolute atomic E-state index is 0.293. The van der Waals surface area contributed by atoms with E-state index in [1.165, 1.54) is 0 Å². The second-order valence-corrected chi connectivity index (χ2v) is 6.53. The molecule has 1 N–H and O–H groups in total. The molecule has 2 atom stereocenters. The number of aryl methyl sites for hydroxylation is 1. The summed E-state index contributed by atoms with van der Waals surface area (Å²) in [4.78, 5) is 2.36. The third kappa shape index (κ3) is 2.08. The van der Waals surface area contributed by atoms with Crippen molar-refractivity contribution in [2.75, 3.05) is 20.3 Å². The van der Waals surface area contributed by atoms with E-state index in [2.05, 4.69) is 23.1 Å². The highest BCUT2D eigenvalue weighted by atomic mass is 16.5. The molecule has 5 heteroatoms. The van der Waals surface area contributed by atoms with Crippen LogP contribution >= 0.6 is 0 Å². The van der Waals surface area contributed by atoms with Crippen molar-refractivity contribution in [1.82, 2.24) is 14.7 Å². The van der Waals surface area contributed by atoms with Crippen LogP contribution in [0.2, 0.25) is 0 Å². The van der Waals surface area contributed by atoms with Gasteiger partial charge in [-0.1, -0.05) is 12.1 Å². The Morgan fingerprint density at radius 2 is 1.95 bits per heavy atom. The molecular formula is C16H21N3O2. The molecule has 0 saturated carbocycles. The van der Waals surface area contributed by atoms with Crippen molar-refractivity contribution >= 4 is 10.9 Å². The fraction of sp³-hybridized carbons (Fsp3) is 0.562. The summed E-state index contributed by atoms with van der Waals surface area (Å²) in [5.74, 6) is 0. The predicted octanol–water partition coefficient (Wildman–Crippen LogP) is 1.25. The number of aromatic nitrogens is 2. The van der Waals surface area contributed by atoms with Crippen LogP contribution in [0, 0.1) is 0 Å². The molecule has 0 radical (unpaired) electrons. The van der Waals surface area contributed by atoms with E-state index in [1.807, 2.05) is 30.1 Å². The minimum Gasteiger partial charge on any atom is -0.385 e. The van der Waals surface area contributed by atoms with Crippen molar-refractivity contribution in [3.8, 4) is 0 Å². The lowest BCUT2D eigenvalue weighted by Gasteiger charge is -2.50. The smallest absolute Gasteiger partial charge is 0.0928 e. The quantitative estimate of drug-likeness (QED) is 0.858. The fourth-order valence-corrected chi connectivity index (χ4v) is 3.81. The van der Waals surface area contributed by atoms with Gasteiger partial charge in [0.2, 0.25) is 0 Å². The minimum atomic E-state index is -0.767. The van der Waals surface area contributed by atoms with Crippen molar-refractivity contribution in [1.29, 1.82) is 0 Å². The van der Waals surface area contributed by atoms with Gasteiger partial charge in [0.25, 0.3) is 0 Å². The third-order valence-corrected chi connectivity index (χ3v) is 5.08. The van der Waals surface area contributed by atoms with Crippen LogP contribution in [0.4, 0.5) is 0 Å². The number of ether oxygens (including phenoxy) is 1. The van der Waals surface area contributed by atoms with Crippen molar-refractivity contribution in [2.45, 2.75) is 30.5 Å². The summed E-state index contributed by atoms with van der Waals surface area (Å²) < 4.78 is 7.46. The van der Waals surface area contributed by atoms with Crippen LogP contribution in [0.15, 0.2) is 24.4 Å². The van der Waals surface area contributed by atoms with Crippen LogP contribution in [0.5, 0.6) is 0 Å². The first-order valence-corrected chi connectivity index (χ1v) is 7.51. The second kappa shape index (κ2) is 4.53. The molecule has 1 aromatic heterocycles. The number of likely N-dealkylation sites (N-methyl/N-ethyl adjacent to an activating group) is 1. The second-order valence-electron chi connectivity index (χ2n) is 6.53. The van der Waals surface area contributed by atoms with E-state index < -0.39 is 5.60 Å². The van der Waals surface area contributed by atoms with E-state index in [0.717, 1.165) is 29.3 Å². The standard InChI is InChI=1S/C16H21N3O2/c1-18-8-11-3-4-12(5-15(11)17-18)16(20)6-13-9-21-10-14(7-16)19(13)2/h3-5,8,13-14,20H,6-7,9-10H2,1-2H3. The maximum Gasteiger partial charge on any atom is 0.0928 e. The lowest BCUT2D eigenvalue weighted by atomic mass is 9.77. The molecule has 2 aromatic rings. The van der Waals surface area contributed by atoms with Gasteiger partial charge in [0, 0.05) is 30.7 Å². The average molecular weight is 287 g/mol. The number of hydrogen-bond donors (Lipinski definition) is 1. The molecule has 0 spiro atoms. The summed E-state index contributed by atoms with van der Waals surface area (Å²) in [5.41, 5.74) is 1.17. The Morgan fingerprint density at radius 3 is 2.67 bits per heavy atom. The maximum atomic E-state index is 11.2. The van der Waals surface area contributed by atoms with Gasteiger partial charge in [-0.05, 0) is 31.5 Å². The first-order valence-electron chi connectivity index (χ1n) is 7.51. The van der Waals surface area contributed by atoms with E-state index in [9.17, 15) is 5.11 Å². The summed E-state index contributed by atoms with van der Waals surface area (Å²) >= 11 is 0. The van der Waals surface area contributed by atoms with Crippen LogP contribution in [0.3, 0.4) is 0 Å². The zero-order valence-electron chi connectivity index (χ0n) is 12.5. The molecule has 2 saturated heterocycles. The number of nitrogens with zero attached hydrogens (tertiary/aromatic N) is 3. The van der Waals surface area contributed by atoms with E-state index in [4.69, 9.17) is 4.74 Å². The fourth-order valence-electron chi connectivity index (χ4n) is 3.81. The van der Waals surface area contributed by atoms with Crippen LogP contribution in [-0.4, -0.2) is 52.1 Å². The van der Waals surface area contributed by atoms with Gasteiger partial charge < -0.3 is 9.84 Å². The van der Waals surface area contributed by atoms with Gasteiger partial charge in [-0.15, -0.1) is 0 Å². The summed E-state index contributed by atoms with van der Waals surface area (Å²) in [5, 5.41) is 16.8. The Morgan fingerprint density at radius 1 is 1.24 bits per heavy atom. The first kappa shape index (κ1) is 13.2. The lowest BCUT2D eigenvalue weighted by Crippen LogP contribution is -2.59. The summed E-state index contributed by atoms with van der Waals surface area (Å²) in [7, 11) is 4.06. The van der Waals surface area contributed by atoms with Gasteiger partial charge >= 0.3 is 0 Å². The number of fused-ring (bicyclic) bond motifs is 3. The highest BCUT2D eigenvalue weighted by Crippen LogP contribution is 2.40. The van der Waals surface area contributed by atoms with Gasteiger partial charge in [0.05, 0.1) is 24.3 Å². The largest absolute Gasteiger partial charge is 0.385 e. The van der Waals surface area contributed by atoms with Gasteiger partial charge in [-0.2, -0.15) is 5.10 Å². The van der Waals surface area contributed by atoms with E-state index in [1.54, 1.807) is 0 Å². The Labute approximate surface area is 124 Å². The van der Waals surface area contributed by atoms with Crippen LogP contribution in [0.25, 0.3) is 10.9 Å². The average Bonchev–Trinajstić information content (AvgIpc) is 2.80. The number of benzene rings is 1. The molecule has 0 aliphatic carbocycles. The van der Waals surface area contributed by atoms with Crippen LogP contribution in [-0.2, 0) is 17.4 Å². The normalized spacial score (nSPS) is 33.5. The molecule has 1 aromatic carbocycles. The Bertz CT molecular complexity index is 667. The molecule has 2 bridgehead atoms. The molecule has 2 fully saturated rings. The molecule has 21 heavy (non-hydrogen) atoms. The van der Waals surface area contributed by atoms with E-state index in [0.29, 0.717) is 25.3 Å². The lowest BCUT2D eigenvalue weighted by molar-refractivity contribution is -0.137. The number of hydrogen-bond acceptors (Lipinski definition) is 4. The number of morpholine rings is 1. The number of piperidine rings is 1. The van der Waals surface area contributed by atoms with Crippen molar-refractivity contribution in [2.24, 2.45) is 7.05 Å². The maximum absolute atomic E-state index is 11.2. The Balaban J connectivity index is 1.72. The topological polar surface area (TPSA) is 50.5 Å². The van der Waals surface area contributed by atoms with Crippen LogP contribution < -0.4 is 0 Å². The van der Waals surface area contributed by atoms with Crippen molar-refractivity contribution in [3.63, 3.8) is 0 Å². The third-order valence-electron chi connectivity index (χ3n) is 5.08. The Kier molecular flexibility index (Phi) is 2.86. The number of aliphatic hydroxyl groups is 1. The highest BCUT2D eigenvalue weighted by molar-refractivity contribution is 5.78. The SMILES string of the molecule is CN1C2COCC1CC(O)(c1ccc3cn(C)nc3c1)C2. The van der Waals surface area contributed by atoms with E-state index >= 15 is 0 Å². The molecular weight excluding hydrogens is 266 g/mol.